The molecular weight excluding hydrogens is 442 g/mol. The molecule has 0 spiro atoms. The van der Waals surface area contributed by atoms with Crippen molar-refractivity contribution >= 4 is 11.9 Å². The lowest BCUT2D eigenvalue weighted by Gasteiger charge is -2.30. The first-order valence-corrected chi connectivity index (χ1v) is 11.9. The molecule has 0 fully saturated rings. The van der Waals surface area contributed by atoms with Crippen LogP contribution in [0.4, 0.5) is 0 Å². The van der Waals surface area contributed by atoms with Crippen LogP contribution < -0.4 is 9.47 Å². The molecule has 0 saturated carbocycles. The van der Waals surface area contributed by atoms with Gasteiger partial charge >= 0.3 is 5.97 Å². The van der Waals surface area contributed by atoms with Crippen molar-refractivity contribution < 1.29 is 24.2 Å². The topological polar surface area (TPSA) is 76.1 Å². The summed E-state index contributed by atoms with van der Waals surface area (Å²) in [5, 5.41) is 9.70. The van der Waals surface area contributed by atoms with Crippen LogP contribution in [0.15, 0.2) is 48.5 Å². The summed E-state index contributed by atoms with van der Waals surface area (Å²) in [4.78, 5) is 26.9. The van der Waals surface area contributed by atoms with E-state index < -0.39 is 5.97 Å². The van der Waals surface area contributed by atoms with Crippen molar-refractivity contribution in [2.24, 2.45) is 0 Å². The number of hydrogen-bond acceptors (Lipinski definition) is 4. The number of carbonyl (C=O) groups is 2. The van der Waals surface area contributed by atoms with Gasteiger partial charge in [-0.2, -0.15) is 0 Å². The van der Waals surface area contributed by atoms with Gasteiger partial charge in [-0.15, -0.1) is 0 Å². The molecule has 6 nitrogen and oxygen atoms in total. The van der Waals surface area contributed by atoms with Crippen LogP contribution in [-0.2, 0) is 17.8 Å². The fourth-order valence-corrected chi connectivity index (χ4v) is 5.11. The normalized spacial score (nSPS) is 15.0. The van der Waals surface area contributed by atoms with Crippen LogP contribution in [0.2, 0.25) is 0 Å². The van der Waals surface area contributed by atoms with Gasteiger partial charge in [-0.1, -0.05) is 30.3 Å². The highest BCUT2D eigenvalue weighted by Gasteiger charge is 2.27. The van der Waals surface area contributed by atoms with Crippen LogP contribution in [0.1, 0.15) is 61.6 Å². The van der Waals surface area contributed by atoms with Gasteiger partial charge in [-0.25, -0.2) is 0 Å². The quantitative estimate of drug-likeness (QED) is 0.557. The Bertz CT molecular complexity index is 1330. The van der Waals surface area contributed by atoms with Gasteiger partial charge in [0.05, 0.1) is 6.42 Å². The number of aryl methyl sites for hydroxylation is 2. The molecular formula is C29H29NO5. The Morgan fingerprint density at radius 1 is 0.971 bits per heavy atom. The summed E-state index contributed by atoms with van der Waals surface area (Å²) in [7, 11) is 0. The molecule has 0 aliphatic carbocycles. The molecule has 2 heterocycles. The van der Waals surface area contributed by atoms with Gasteiger partial charge in [0.1, 0.15) is 0 Å². The lowest BCUT2D eigenvalue weighted by atomic mass is 9.83. The van der Waals surface area contributed by atoms with E-state index in [0.29, 0.717) is 30.2 Å². The average molecular weight is 472 g/mol. The Balaban J connectivity index is 1.46. The van der Waals surface area contributed by atoms with E-state index in [-0.39, 0.29) is 25.0 Å². The summed E-state index contributed by atoms with van der Waals surface area (Å²) in [6, 6.07) is 15.8. The second-order valence-corrected chi connectivity index (χ2v) is 9.47. The van der Waals surface area contributed by atoms with E-state index in [4.69, 9.17) is 9.47 Å². The predicted molar refractivity (Wildman–Crippen MR) is 132 cm³/mol. The lowest BCUT2D eigenvalue weighted by molar-refractivity contribution is -0.137. The highest BCUT2D eigenvalue weighted by molar-refractivity contribution is 5.94. The Morgan fingerprint density at radius 2 is 1.80 bits per heavy atom. The van der Waals surface area contributed by atoms with Crippen molar-refractivity contribution in [3.63, 3.8) is 0 Å². The first-order chi connectivity index (χ1) is 16.8. The molecule has 1 amide bonds. The van der Waals surface area contributed by atoms with Crippen LogP contribution >= 0.6 is 0 Å². The standard InChI is InChI=1S/C29H29NO5/c1-17-4-5-22(12-18(17)2)29(33)30-11-10-20-6-7-21(13-23(20)15-30)25(14-27(31)32)24-8-9-26-28(19(24)3)35-16-34-26/h4-9,12-13,25H,10-11,14-16H2,1-3H3,(H,31,32). The van der Waals surface area contributed by atoms with E-state index in [9.17, 15) is 14.7 Å². The van der Waals surface area contributed by atoms with Crippen molar-refractivity contribution in [3.8, 4) is 11.5 Å². The molecule has 2 aliphatic rings. The number of carbonyl (C=O) groups excluding carboxylic acids is 1. The molecule has 1 unspecified atom stereocenters. The monoisotopic (exact) mass is 471 g/mol. The summed E-state index contributed by atoms with van der Waals surface area (Å²) in [5.74, 6) is 0.194. The van der Waals surface area contributed by atoms with E-state index in [1.54, 1.807) is 0 Å². The number of benzene rings is 3. The molecule has 0 aromatic heterocycles. The van der Waals surface area contributed by atoms with Crippen LogP contribution in [0.3, 0.4) is 0 Å². The van der Waals surface area contributed by atoms with Gasteiger partial charge < -0.3 is 19.5 Å². The largest absolute Gasteiger partial charge is 0.481 e. The molecule has 1 atom stereocenters. The van der Waals surface area contributed by atoms with Crippen molar-refractivity contribution in [2.45, 2.75) is 46.1 Å². The van der Waals surface area contributed by atoms with Gasteiger partial charge in [0, 0.05) is 24.6 Å². The van der Waals surface area contributed by atoms with Crippen molar-refractivity contribution in [2.75, 3.05) is 13.3 Å². The van der Waals surface area contributed by atoms with E-state index >= 15 is 0 Å². The third-order valence-electron chi connectivity index (χ3n) is 7.27. The van der Waals surface area contributed by atoms with Crippen molar-refractivity contribution in [3.05, 3.63) is 93.0 Å². The van der Waals surface area contributed by atoms with Gasteiger partial charge in [0.25, 0.3) is 5.91 Å². The number of amides is 1. The fourth-order valence-electron chi connectivity index (χ4n) is 5.11. The smallest absolute Gasteiger partial charge is 0.304 e. The Kier molecular flexibility index (Phi) is 5.97. The third-order valence-corrected chi connectivity index (χ3v) is 7.27. The number of fused-ring (bicyclic) bond motifs is 2. The molecule has 5 rings (SSSR count). The molecule has 3 aromatic rings. The first kappa shape index (κ1) is 23.0. The van der Waals surface area contributed by atoms with E-state index in [1.807, 2.05) is 62.1 Å². The maximum Gasteiger partial charge on any atom is 0.304 e. The SMILES string of the molecule is Cc1ccc(C(=O)N2CCc3ccc(C(CC(=O)O)c4ccc5c(c4C)OCO5)cc3C2)cc1C. The maximum atomic E-state index is 13.2. The summed E-state index contributed by atoms with van der Waals surface area (Å²) in [6.45, 7) is 7.35. The van der Waals surface area contributed by atoms with Crippen molar-refractivity contribution in [1.82, 2.24) is 4.90 Å². The van der Waals surface area contributed by atoms with Gasteiger partial charge in [-0.05, 0) is 84.3 Å². The number of aliphatic carboxylic acids is 1. The van der Waals surface area contributed by atoms with Gasteiger partial charge in [-0.3, -0.25) is 9.59 Å². The predicted octanol–water partition coefficient (Wildman–Crippen LogP) is 5.15. The van der Waals surface area contributed by atoms with Crippen LogP contribution in [0.25, 0.3) is 0 Å². The molecule has 0 radical (unpaired) electrons. The summed E-state index contributed by atoms with van der Waals surface area (Å²) in [5.41, 5.74) is 7.98. The number of rotatable bonds is 5. The van der Waals surface area contributed by atoms with Gasteiger partial charge in [0.15, 0.2) is 11.5 Å². The second kappa shape index (κ2) is 9.10. The zero-order valence-electron chi connectivity index (χ0n) is 20.3. The minimum atomic E-state index is -0.865. The van der Waals surface area contributed by atoms with E-state index in [2.05, 4.69) is 12.1 Å². The number of carboxylic acids is 1. The zero-order chi connectivity index (χ0) is 24.7. The van der Waals surface area contributed by atoms with Crippen molar-refractivity contribution in [1.29, 1.82) is 0 Å². The lowest BCUT2D eigenvalue weighted by Crippen LogP contribution is -2.36. The minimum Gasteiger partial charge on any atom is -0.481 e. The molecule has 0 bridgehead atoms. The second-order valence-electron chi connectivity index (χ2n) is 9.47. The molecule has 0 saturated heterocycles. The highest BCUT2D eigenvalue weighted by atomic mass is 16.7. The number of hydrogen-bond donors (Lipinski definition) is 1. The molecule has 1 N–H and O–H groups in total. The molecule has 6 heteroatoms. The highest BCUT2D eigenvalue weighted by Crippen LogP contribution is 2.42. The third kappa shape index (κ3) is 4.36. The number of carboxylic acid groups (broad SMARTS) is 1. The molecule has 2 aliphatic heterocycles. The molecule has 180 valence electrons. The Hall–Kier alpha value is -3.80. The summed E-state index contributed by atoms with van der Waals surface area (Å²) < 4.78 is 11.1. The summed E-state index contributed by atoms with van der Waals surface area (Å²) in [6.07, 6.45) is 0.739. The molecule has 3 aromatic carbocycles. The molecule has 35 heavy (non-hydrogen) atoms. The first-order valence-electron chi connectivity index (χ1n) is 11.9. The Labute approximate surface area is 205 Å². The number of ether oxygens (including phenoxy) is 2. The van der Waals surface area contributed by atoms with Crippen LogP contribution in [0.5, 0.6) is 11.5 Å². The van der Waals surface area contributed by atoms with E-state index in [1.165, 1.54) is 11.1 Å². The van der Waals surface area contributed by atoms with E-state index in [0.717, 1.165) is 34.2 Å². The zero-order valence-corrected chi connectivity index (χ0v) is 20.3. The Morgan fingerprint density at radius 3 is 2.57 bits per heavy atom. The van der Waals surface area contributed by atoms with Gasteiger partial charge in [0.2, 0.25) is 6.79 Å². The maximum absolute atomic E-state index is 13.2. The average Bonchev–Trinajstić information content (AvgIpc) is 3.33. The summed E-state index contributed by atoms with van der Waals surface area (Å²) >= 11 is 0. The fraction of sp³-hybridized carbons (Fsp3) is 0.310. The number of nitrogens with zero attached hydrogens (tertiary/aromatic N) is 1. The van der Waals surface area contributed by atoms with Crippen LogP contribution in [-0.4, -0.2) is 35.2 Å². The van der Waals surface area contributed by atoms with Crippen LogP contribution in [0, 0.1) is 20.8 Å². The minimum absolute atomic E-state index is 0.0258.